The molecule has 1 fully saturated rings. The molecule has 0 N–H and O–H groups in total. The minimum absolute atomic E-state index is 0.0575. The van der Waals surface area contributed by atoms with Crippen molar-refractivity contribution in [3.8, 4) is 0 Å². The molecule has 1 unspecified atom stereocenters. The van der Waals surface area contributed by atoms with E-state index < -0.39 is 14.7 Å². The van der Waals surface area contributed by atoms with E-state index in [4.69, 9.17) is 15.4 Å². The normalized spacial score (nSPS) is 30.3. The van der Waals surface area contributed by atoms with Crippen molar-refractivity contribution in [2.24, 2.45) is 0 Å². The summed E-state index contributed by atoms with van der Waals surface area (Å²) in [6, 6.07) is 0. The molecule has 1 aliphatic rings. The first-order valence-corrected chi connectivity index (χ1v) is 7.02. The zero-order valence-corrected chi connectivity index (χ0v) is 9.33. The maximum Gasteiger partial charge on any atom is 0.235 e. The summed E-state index contributed by atoms with van der Waals surface area (Å²) in [4.78, 5) is 0. The summed E-state index contributed by atoms with van der Waals surface area (Å²) in [6.07, 6.45) is 3.55. The molecular formula is C8H15ClO3S. The van der Waals surface area contributed by atoms with Gasteiger partial charge < -0.3 is 4.74 Å². The minimum atomic E-state index is -3.45. The van der Waals surface area contributed by atoms with Crippen LogP contribution in [-0.4, -0.2) is 26.4 Å². The van der Waals surface area contributed by atoms with E-state index in [-0.39, 0.29) is 5.75 Å². The molecule has 0 aromatic rings. The standard InChI is InChI=1S/C8H15ClO3S/c1-2-8(7-13(9,10)11)5-3-4-6-12-8/h2-7H2,1H3. The molecule has 0 saturated carbocycles. The van der Waals surface area contributed by atoms with E-state index >= 15 is 0 Å². The van der Waals surface area contributed by atoms with Crippen LogP contribution in [0.25, 0.3) is 0 Å². The molecule has 0 radical (unpaired) electrons. The summed E-state index contributed by atoms with van der Waals surface area (Å²) in [5.74, 6) is -0.0575. The minimum Gasteiger partial charge on any atom is -0.374 e. The molecule has 1 saturated heterocycles. The third kappa shape index (κ3) is 3.44. The highest BCUT2D eigenvalue weighted by Gasteiger charge is 2.35. The average Bonchev–Trinajstić information content (AvgIpc) is 2.03. The van der Waals surface area contributed by atoms with Crippen molar-refractivity contribution in [1.82, 2.24) is 0 Å². The molecule has 1 rings (SSSR count). The highest BCUT2D eigenvalue weighted by Crippen LogP contribution is 2.30. The summed E-state index contributed by atoms with van der Waals surface area (Å²) in [5.41, 5.74) is -0.515. The predicted molar refractivity (Wildman–Crippen MR) is 52.5 cm³/mol. The van der Waals surface area contributed by atoms with Gasteiger partial charge in [-0.25, -0.2) is 8.42 Å². The molecule has 13 heavy (non-hydrogen) atoms. The monoisotopic (exact) mass is 226 g/mol. The van der Waals surface area contributed by atoms with Gasteiger partial charge in [0.1, 0.15) is 0 Å². The molecule has 1 heterocycles. The van der Waals surface area contributed by atoms with Gasteiger partial charge in [-0.3, -0.25) is 0 Å². The zero-order valence-electron chi connectivity index (χ0n) is 7.75. The fraction of sp³-hybridized carbons (Fsp3) is 1.00. The lowest BCUT2D eigenvalue weighted by atomic mass is 9.93. The van der Waals surface area contributed by atoms with Crippen LogP contribution in [0.4, 0.5) is 0 Å². The van der Waals surface area contributed by atoms with Crippen LogP contribution in [0.2, 0.25) is 0 Å². The number of rotatable bonds is 3. The molecule has 3 nitrogen and oxygen atoms in total. The van der Waals surface area contributed by atoms with Crippen molar-refractivity contribution in [2.75, 3.05) is 12.4 Å². The molecule has 78 valence electrons. The third-order valence-corrected chi connectivity index (χ3v) is 3.71. The van der Waals surface area contributed by atoms with Gasteiger partial charge in [-0.05, 0) is 25.7 Å². The number of halogens is 1. The lowest BCUT2D eigenvalue weighted by Gasteiger charge is -2.35. The largest absolute Gasteiger partial charge is 0.374 e. The van der Waals surface area contributed by atoms with Crippen LogP contribution in [-0.2, 0) is 13.8 Å². The summed E-state index contributed by atoms with van der Waals surface area (Å²) in [6.45, 7) is 2.59. The van der Waals surface area contributed by atoms with Crippen LogP contribution < -0.4 is 0 Å². The van der Waals surface area contributed by atoms with Crippen LogP contribution in [0.15, 0.2) is 0 Å². The van der Waals surface area contributed by atoms with Crippen molar-refractivity contribution in [1.29, 1.82) is 0 Å². The second kappa shape index (κ2) is 4.15. The Balaban J connectivity index is 2.68. The Morgan fingerprint density at radius 2 is 2.15 bits per heavy atom. The molecular weight excluding hydrogens is 212 g/mol. The predicted octanol–water partition coefficient (Wildman–Crippen LogP) is 1.90. The highest BCUT2D eigenvalue weighted by atomic mass is 35.7. The maximum absolute atomic E-state index is 10.9. The summed E-state index contributed by atoms with van der Waals surface area (Å²) >= 11 is 0. The van der Waals surface area contributed by atoms with E-state index in [1.165, 1.54) is 0 Å². The molecule has 0 bridgehead atoms. The second-order valence-corrected chi connectivity index (χ2v) is 6.30. The van der Waals surface area contributed by atoms with E-state index in [0.29, 0.717) is 13.0 Å². The van der Waals surface area contributed by atoms with Crippen LogP contribution in [0.3, 0.4) is 0 Å². The van der Waals surface area contributed by atoms with Gasteiger partial charge in [0.05, 0.1) is 11.4 Å². The molecule has 0 aromatic carbocycles. The Hall–Kier alpha value is 0.200. The number of ether oxygens (including phenoxy) is 1. The molecule has 5 heteroatoms. The number of hydrogen-bond acceptors (Lipinski definition) is 3. The van der Waals surface area contributed by atoms with Gasteiger partial charge in [-0.2, -0.15) is 0 Å². The fourth-order valence-corrected chi connectivity index (χ4v) is 3.38. The van der Waals surface area contributed by atoms with E-state index in [9.17, 15) is 8.42 Å². The van der Waals surface area contributed by atoms with Crippen LogP contribution >= 0.6 is 10.7 Å². The van der Waals surface area contributed by atoms with Crippen molar-refractivity contribution in [3.63, 3.8) is 0 Å². The van der Waals surface area contributed by atoms with Crippen molar-refractivity contribution in [3.05, 3.63) is 0 Å². The Bertz CT molecular complexity index is 255. The first-order valence-electron chi connectivity index (χ1n) is 4.54. The number of hydrogen-bond donors (Lipinski definition) is 0. The van der Waals surface area contributed by atoms with E-state index in [1.807, 2.05) is 6.92 Å². The summed E-state index contributed by atoms with van der Waals surface area (Å²) < 4.78 is 27.4. The Morgan fingerprint density at radius 1 is 1.46 bits per heavy atom. The van der Waals surface area contributed by atoms with Gasteiger partial charge in [-0.15, -0.1) is 0 Å². The first-order chi connectivity index (χ1) is 5.97. The van der Waals surface area contributed by atoms with Gasteiger partial charge >= 0.3 is 0 Å². The van der Waals surface area contributed by atoms with E-state index in [1.54, 1.807) is 0 Å². The Morgan fingerprint density at radius 3 is 2.54 bits per heavy atom. The van der Waals surface area contributed by atoms with Gasteiger partial charge in [0, 0.05) is 17.3 Å². The first kappa shape index (κ1) is 11.3. The molecule has 0 aromatic heterocycles. The zero-order chi connectivity index (χ0) is 9.95. The smallest absolute Gasteiger partial charge is 0.235 e. The van der Waals surface area contributed by atoms with Crippen molar-refractivity contribution in [2.45, 2.75) is 38.2 Å². The highest BCUT2D eigenvalue weighted by molar-refractivity contribution is 8.13. The Labute approximate surface area is 83.8 Å². The van der Waals surface area contributed by atoms with Gasteiger partial charge in [0.2, 0.25) is 9.05 Å². The summed E-state index contributed by atoms with van der Waals surface area (Å²) in [7, 11) is 1.78. The third-order valence-electron chi connectivity index (χ3n) is 2.51. The van der Waals surface area contributed by atoms with Crippen LogP contribution in [0.5, 0.6) is 0 Å². The van der Waals surface area contributed by atoms with Crippen molar-refractivity contribution >= 4 is 19.7 Å². The Kier molecular flexibility index (Phi) is 3.60. The van der Waals surface area contributed by atoms with Gasteiger partial charge in [0.15, 0.2) is 0 Å². The van der Waals surface area contributed by atoms with Crippen LogP contribution in [0, 0.1) is 0 Å². The molecule has 1 aliphatic heterocycles. The molecule has 0 spiro atoms. The van der Waals surface area contributed by atoms with Crippen molar-refractivity contribution < 1.29 is 13.2 Å². The maximum atomic E-state index is 10.9. The van der Waals surface area contributed by atoms with Gasteiger partial charge in [0.25, 0.3) is 0 Å². The molecule has 1 atom stereocenters. The average molecular weight is 227 g/mol. The lowest BCUT2D eigenvalue weighted by Crippen LogP contribution is -2.41. The fourth-order valence-electron chi connectivity index (χ4n) is 1.72. The second-order valence-electron chi connectivity index (χ2n) is 3.53. The van der Waals surface area contributed by atoms with E-state index in [2.05, 4.69) is 0 Å². The SMILES string of the molecule is CCC1(CS(=O)(=O)Cl)CCCCO1. The molecule has 0 aliphatic carbocycles. The van der Waals surface area contributed by atoms with Crippen LogP contribution in [0.1, 0.15) is 32.6 Å². The van der Waals surface area contributed by atoms with E-state index in [0.717, 1.165) is 19.3 Å². The molecule has 0 amide bonds. The summed E-state index contributed by atoms with van der Waals surface area (Å²) in [5, 5.41) is 0. The van der Waals surface area contributed by atoms with Gasteiger partial charge in [-0.1, -0.05) is 6.92 Å². The topological polar surface area (TPSA) is 43.4 Å². The lowest BCUT2D eigenvalue weighted by molar-refractivity contribution is -0.0641. The quantitative estimate of drug-likeness (QED) is 0.691.